The van der Waals surface area contributed by atoms with Gasteiger partial charge < -0.3 is 4.98 Å². The van der Waals surface area contributed by atoms with Crippen molar-refractivity contribution in [2.24, 2.45) is 0 Å². The van der Waals surface area contributed by atoms with Crippen molar-refractivity contribution in [1.82, 2.24) is 25.1 Å². The van der Waals surface area contributed by atoms with Crippen molar-refractivity contribution >= 4 is 0 Å². The Morgan fingerprint density at radius 3 is 2.43 bits per heavy atom. The van der Waals surface area contributed by atoms with E-state index in [-0.39, 0.29) is 5.56 Å². The average Bonchev–Trinajstić information content (AvgIpc) is 3.21. The van der Waals surface area contributed by atoms with Crippen molar-refractivity contribution in [3.8, 4) is 22.6 Å². The number of hydrogen-bond donors (Lipinski definition) is 2. The molecule has 2 N–H and O–H groups in total. The van der Waals surface area contributed by atoms with Crippen LogP contribution in [0.4, 0.5) is 0 Å². The van der Waals surface area contributed by atoms with Crippen LogP contribution in [0.25, 0.3) is 22.6 Å². The first-order valence-corrected chi connectivity index (χ1v) is 9.10. The van der Waals surface area contributed by atoms with Gasteiger partial charge in [-0.1, -0.05) is 54.6 Å². The highest BCUT2D eigenvalue weighted by Gasteiger charge is 2.07. The van der Waals surface area contributed by atoms with Crippen molar-refractivity contribution in [3.63, 3.8) is 0 Å². The van der Waals surface area contributed by atoms with E-state index in [1.54, 1.807) is 6.20 Å². The molecule has 0 atom stereocenters. The molecule has 4 aromatic rings. The Bertz CT molecular complexity index is 1090. The molecule has 2 aromatic carbocycles. The SMILES string of the molecule is CN(Cc1ccc(-c2nc(-c3ccccc3)cc(=O)[nH]2)cc1)Cc1ccn[nH]1. The van der Waals surface area contributed by atoms with Crippen LogP contribution >= 0.6 is 0 Å². The number of rotatable bonds is 6. The second-order valence-corrected chi connectivity index (χ2v) is 6.80. The van der Waals surface area contributed by atoms with Gasteiger partial charge in [0.15, 0.2) is 0 Å². The molecule has 0 saturated carbocycles. The topological polar surface area (TPSA) is 77.7 Å². The first kappa shape index (κ1) is 17.9. The van der Waals surface area contributed by atoms with Gasteiger partial charge in [-0.25, -0.2) is 4.98 Å². The molecule has 6 heteroatoms. The smallest absolute Gasteiger partial charge is 0.251 e. The average molecular weight is 371 g/mol. The fourth-order valence-corrected chi connectivity index (χ4v) is 3.15. The Balaban J connectivity index is 1.52. The predicted octanol–water partition coefficient (Wildman–Crippen LogP) is 3.46. The van der Waals surface area contributed by atoms with Crippen LogP contribution in [0.3, 0.4) is 0 Å². The van der Waals surface area contributed by atoms with E-state index in [1.165, 1.54) is 11.6 Å². The molecule has 4 rings (SSSR count). The number of aromatic amines is 2. The molecule has 140 valence electrons. The molecule has 0 spiro atoms. The zero-order chi connectivity index (χ0) is 19.3. The van der Waals surface area contributed by atoms with Crippen LogP contribution < -0.4 is 5.56 Å². The summed E-state index contributed by atoms with van der Waals surface area (Å²) in [6.45, 7) is 1.61. The Morgan fingerprint density at radius 2 is 1.71 bits per heavy atom. The molecule has 0 amide bonds. The molecule has 0 aliphatic rings. The molecule has 0 aliphatic heterocycles. The van der Waals surface area contributed by atoms with E-state index in [9.17, 15) is 4.79 Å². The van der Waals surface area contributed by atoms with Crippen LogP contribution in [0.1, 0.15) is 11.3 Å². The third-order valence-corrected chi connectivity index (χ3v) is 4.49. The maximum Gasteiger partial charge on any atom is 0.251 e. The van der Waals surface area contributed by atoms with Crippen molar-refractivity contribution in [2.75, 3.05) is 7.05 Å². The van der Waals surface area contributed by atoms with Gasteiger partial charge in [0.2, 0.25) is 0 Å². The van der Waals surface area contributed by atoms with Crippen LogP contribution in [0.2, 0.25) is 0 Å². The molecule has 28 heavy (non-hydrogen) atoms. The van der Waals surface area contributed by atoms with E-state index in [2.05, 4.69) is 44.2 Å². The first-order chi connectivity index (χ1) is 13.7. The summed E-state index contributed by atoms with van der Waals surface area (Å²) in [6, 6.07) is 21.3. The van der Waals surface area contributed by atoms with Gasteiger partial charge in [-0.3, -0.25) is 14.8 Å². The van der Waals surface area contributed by atoms with Gasteiger partial charge in [0.1, 0.15) is 5.82 Å². The van der Waals surface area contributed by atoms with Crippen LogP contribution in [0.5, 0.6) is 0 Å². The van der Waals surface area contributed by atoms with Gasteiger partial charge in [0.05, 0.1) is 5.69 Å². The van der Waals surface area contributed by atoms with Gasteiger partial charge in [-0.05, 0) is 18.7 Å². The highest BCUT2D eigenvalue weighted by molar-refractivity contribution is 5.63. The minimum Gasteiger partial charge on any atom is -0.306 e. The molecule has 0 fully saturated rings. The Labute approximate surface area is 162 Å². The van der Waals surface area contributed by atoms with Crippen molar-refractivity contribution in [1.29, 1.82) is 0 Å². The highest BCUT2D eigenvalue weighted by Crippen LogP contribution is 2.20. The van der Waals surface area contributed by atoms with Gasteiger partial charge >= 0.3 is 0 Å². The van der Waals surface area contributed by atoms with E-state index >= 15 is 0 Å². The van der Waals surface area contributed by atoms with Crippen molar-refractivity contribution < 1.29 is 0 Å². The summed E-state index contributed by atoms with van der Waals surface area (Å²) < 4.78 is 0. The fraction of sp³-hybridized carbons (Fsp3) is 0.136. The molecule has 6 nitrogen and oxygen atoms in total. The summed E-state index contributed by atoms with van der Waals surface area (Å²) in [7, 11) is 2.07. The molecular weight excluding hydrogens is 350 g/mol. The second-order valence-electron chi connectivity index (χ2n) is 6.80. The molecule has 0 saturated heterocycles. The lowest BCUT2D eigenvalue weighted by molar-refractivity contribution is 0.315. The Kier molecular flexibility index (Phi) is 5.12. The maximum absolute atomic E-state index is 12.1. The lowest BCUT2D eigenvalue weighted by Crippen LogP contribution is -2.17. The summed E-state index contributed by atoms with van der Waals surface area (Å²) in [5.74, 6) is 0.573. The molecule has 0 radical (unpaired) electrons. The highest BCUT2D eigenvalue weighted by atomic mass is 16.1. The summed E-state index contributed by atoms with van der Waals surface area (Å²) in [5, 5.41) is 6.95. The zero-order valence-electron chi connectivity index (χ0n) is 15.6. The standard InChI is InChI=1S/C22H21N5O/c1-27(15-19-11-12-23-26-19)14-16-7-9-18(10-8-16)22-24-20(13-21(28)25-22)17-5-3-2-4-6-17/h2-13H,14-15H2,1H3,(H,23,26)(H,24,25,28). The number of benzene rings is 2. The third-order valence-electron chi connectivity index (χ3n) is 4.49. The summed E-state index contributed by atoms with van der Waals surface area (Å²) in [5.41, 5.74) is 4.59. The second kappa shape index (κ2) is 8.02. The predicted molar refractivity (Wildman–Crippen MR) is 109 cm³/mol. The van der Waals surface area contributed by atoms with Gasteiger partial charge in [0, 0.05) is 42.2 Å². The molecule has 0 bridgehead atoms. The Morgan fingerprint density at radius 1 is 0.929 bits per heavy atom. The van der Waals surface area contributed by atoms with Crippen molar-refractivity contribution in [3.05, 3.63) is 94.5 Å². The minimum absolute atomic E-state index is 0.160. The van der Waals surface area contributed by atoms with Crippen LogP contribution in [0, 0.1) is 0 Å². The summed E-state index contributed by atoms with van der Waals surface area (Å²) >= 11 is 0. The number of nitrogens with one attached hydrogen (secondary N) is 2. The normalized spacial score (nSPS) is 11.1. The molecule has 2 aromatic heterocycles. The van der Waals surface area contributed by atoms with Gasteiger partial charge in [-0.2, -0.15) is 5.10 Å². The van der Waals surface area contributed by atoms with Crippen molar-refractivity contribution in [2.45, 2.75) is 13.1 Å². The van der Waals surface area contributed by atoms with E-state index in [4.69, 9.17) is 0 Å². The largest absolute Gasteiger partial charge is 0.306 e. The lowest BCUT2D eigenvalue weighted by atomic mass is 10.1. The first-order valence-electron chi connectivity index (χ1n) is 9.10. The molecule has 0 aliphatic carbocycles. The van der Waals surface area contributed by atoms with E-state index in [0.29, 0.717) is 11.5 Å². The molecule has 2 heterocycles. The number of aromatic nitrogens is 4. The van der Waals surface area contributed by atoms with Crippen LogP contribution in [0.15, 0.2) is 77.7 Å². The van der Waals surface area contributed by atoms with Crippen LogP contribution in [-0.2, 0) is 13.1 Å². The lowest BCUT2D eigenvalue weighted by Gasteiger charge is -2.15. The monoisotopic (exact) mass is 371 g/mol. The van der Waals surface area contributed by atoms with E-state index < -0.39 is 0 Å². The maximum atomic E-state index is 12.1. The van der Waals surface area contributed by atoms with E-state index in [0.717, 1.165) is 29.9 Å². The summed E-state index contributed by atoms with van der Waals surface area (Å²) in [6.07, 6.45) is 1.76. The number of hydrogen-bond acceptors (Lipinski definition) is 4. The third kappa shape index (κ3) is 4.24. The molecule has 0 unspecified atom stereocenters. The number of nitrogens with zero attached hydrogens (tertiary/aromatic N) is 3. The summed E-state index contributed by atoms with van der Waals surface area (Å²) in [4.78, 5) is 21.8. The fourth-order valence-electron chi connectivity index (χ4n) is 3.15. The Hall–Kier alpha value is -3.51. The quantitative estimate of drug-likeness (QED) is 0.544. The number of H-pyrrole nitrogens is 2. The van der Waals surface area contributed by atoms with E-state index in [1.807, 2.05) is 48.5 Å². The van der Waals surface area contributed by atoms with Gasteiger partial charge in [-0.15, -0.1) is 0 Å². The van der Waals surface area contributed by atoms with Gasteiger partial charge in [0.25, 0.3) is 5.56 Å². The van der Waals surface area contributed by atoms with Crippen LogP contribution in [-0.4, -0.2) is 32.1 Å². The molecular formula is C22H21N5O. The zero-order valence-corrected chi connectivity index (χ0v) is 15.6. The minimum atomic E-state index is -0.160.